The van der Waals surface area contributed by atoms with Gasteiger partial charge in [0.1, 0.15) is 6.26 Å². The summed E-state index contributed by atoms with van der Waals surface area (Å²) in [4.78, 5) is 3.86. The average Bonchev–Trinajstić information content (AvgIpc) is 2.41. The van der Waals surface area contributed by atoms with E-state index in [2.05, 4.69) is 15.8 Å². The maximum absolute atomic E-state index is 5.32. The Morgan fingerprint density at radius 2 is 2.50 bits per heavy atom. The Labute approximate surface area is 60.2 Å². The zero-order chi connectivity index (χ0) is 7.23. The quantitative estimate of drug-likeness (QED) is 0.626. The van der Waals surface area contributed by atoms with Crippen LogP contribution in [0.1, 0.15) is 18.5 Å². The molecule has 55 valence electrons. The van der Waals surface area contributed by atoms with Crippen LogP contribution in [-0.4, -0.2) is 11.5 Å². The van der Waals surface area contributed by atoms with E-state index in [-0.39, 0.29) is 0 Å². The molecular formula is C7H11N2O. The second-order valence-electron chi connectivity index (χ2n) is 2.18. The molecule has 1 aromatic rings. The highest BCUT2D eigenvalue weighted by Gasteiger charge is 1.94. The predicted octanol–water partition coefficient (Wildman–Crippen LogP) is 0.756. The molecule has 0 bridgehead atoms. The number of oxazole rings is 1. The normalized spacial score (nSPS) is 10.1. The Morgan fingerprint density at radius 3 is 3.10 bits per heavy atom. The highest BCUT2D eigenvalue weighted by molar-refractivity contribution is 4.89. The lowest BCUT2D eigenvalue weighted by atomic mass is 10.2. The van der Waals surface area contributed by atoms with Crippen LogP contribution < -0.4 is 5.73 Å². The molecule has 1 aromatic heterocycles. The number of hydrogen-bond donors (Lipinski definition) is 1. The second kappa shape index (κ2) is 4.06. The van der Waals surface area contributed by atoms with E-state index < -0.39 is 0 Å². The van der Waals surface area contributed by atoms with E-state index in [1.807, 2.05) is 0 Å². The van der Waals surface area contributed by atoms with Gasteiger partial charge in [-0.05, 0) is 25.8 Å². The van der Waals surface area contributed by atoms with Gasteiger partial charge in [0.05, 0.1) is 5.69 Å². The lowest BCUT2D eigenvalue weighted by Gasteiger charge is -1.91. The minimum absolute atomic E-state index is 0.752. The van der Waals surface area contributed by atoms with Crippen molar-refractivity contribution in [2.75, 3.05) is 6.54 Å². The summed E-state index contributed by atoms with van der Waals surface area (Å²) in [5, 5.41) is 0. The minimum atomic E-state index is 0.752. The van der Waals surface area contributed by atoms with Crippen molar-refractivity contribution < 1.29 is 4.42 Å². The molecule has 0 unspecified atom stereocenters. The first-order chi connectivity index (χ1) is 4.93. The van der Waals surface area contributed by atoms with Crippen LogP contribution in [0.4, 0.5) is 0 Å². The smallest absolute Gasteiger partial charge is 0.283 e. The van der Waals surface area contributed by atoms with Crippen LogP contribution in [0.5, 0.6) is 0 Å². The SMILES string of the molecule is NCCCCc1co[c]n1. The van der Waals surface area contributed by atoms with Crippen molar-refractivity contribution in [2.45, 2.75) is 19.3 Å². The van der Waals surface area contributed by atoms with Crippen LogP contribution >= 0.6 is 0 Å². The Bertz CT molecular complexity index is 160. The third kappa shape index (κ3) is 2.19. The third-order valence-electron chi connectivity index (χ3n) is 1.32. The average molecular weight is 139 g/mol. The fourth-order valence-electron chi connectivity index (χ4n) is 0.771. The third-order valence-corrected chi connectivity index (χ3v) is 1.32. The molecule has 10 heavy (non-hydrogen) atoms. The minimum Gasteiger partial charge on any atom is -0.441 e. The molecule has 0 aromatic carbocycles. The van der Waals surface area contributed by atoms with Gasteiger partial charge in [0.15, 0.2) is 0 Å². The molecule has 0 spiro atoms. The monoisotopic (exact) mass is 139 g/mol. The maximum atomic E-state index is 5.32. The Balaban J connectivity index is 2.15. The largest absolute Gasteiger partial charge is 0.441 e. The lowest BCUT2D eigenvalue weighted by molar-refractivity contribution is 0.546. The summed E-state index contributed by atoms with van der Waals surface area (Å²) < 4.78 is 4.68. The standard InChI is InChI=1S/C7H11N2O/c8-4-2-1-3-7-5-10-6-9-7/h5H,1-4,8H2. The van der Waals surface area contributed by atoms with Crippen molar-refractivity contribution >= 4 is 0 Å². The van der Waals surface area contributed by atoms with Crippen molar-refractivity contribution in [1.29, 1.82) is 0 Å². The number of aromatic nitrogens is 1. The molecule has 1 radical (unpaired) electrons. The van der Waals surface area contributed by atoms with Crippen LogP contribution in [0.25, 0.3) is 0 Å². The van der Waals surface area contributed by atoms with Crippen molar-refractivity contribution in [2.24, 2.45) is 5.73 Å². The molecule has 3 nitrogen and oxygen atoms in total. The first-order valence-electron chi connectivity index (χ1n) is 3.44. The van der Waals surface area contributed by atoms with Gasteiger partial charge in [0.25, 0.3) is 6.39 Å². The first kappa shape index (κ1) is 7.28. The zero-order valence-electron chi connectivity index (χ0n) is 5.84. The summed E-state index contributed by atoms with van der Waals surface area (Å²) in [6, 6.07) is 0. The fraction of sp³-hybridized carbons (Fsp3) is 0.571. The van der Waals surface area contributed by atoms with E-state index in [1.165, 1.54) is 0 Å². The van der Waals surface area contributed by atoms with E-state index in [4.69, 9.17) is 5.73 Å². The molecule has 0 aliphatic rings. The van der Waals surface area contributed by atoms with E-state index >= 15 is 0 Å². The first-order valence-corrected chi connectivity index (χ1v) is 3.44. The van der Waals surface area contributed by atoms with Gasteiger partial charge in [0.2, 0.25) is 0 Å². The van der Waals surface area contributed by atoms with E-state index in [0.717, 1.165) is 31.5 Å². The van der Waals surface area contributed by atoms with Gasteiger partial charge in [-0.2, -0.15) is 0 Å². The topological polar surface area (TPSA) is 52.0 Å². The summed E-state index contributed by atoms with van der Waals surface area (Å²) in [5.74, 6) is 0. The van der Waals surface area contributed by atoms with Gasteiger partial charge < -0.3 is 10.2 Å². The second-order valence-corrected chi connectivity index (χ2v) is 2.18. The van der Waals surface area contributed by atoms with Gasteiger partial charge in [-0.3, -0.25) is 0 Å². The summed E-state index contributed by atoms with van der Waals surface area (Å²) >= 11 is 0. The number of nitrogens with zero attached hydrogens (tertiary/aromatic N) is 1. The number of aryl methyl sites for hydroxylation is 1. The maximum Gasteiger partial charge on any atom is 0.283 e. The highest BCUT2D eigenvalue weighted by atomic mass is 16.3. The number of hydrogen-bond acceptors (Lipinski definition) is 3. The molecule has 0 fully saturated rings. The highest BCUT2D eigenvalue weighted by Crippen LogP contribution is 1.99. The molecular weight excluding hydrogens is 128 g/mol. The van der Waals surface area contributed by atoms with E-state index in [9.17, 15) is 0 Å². The Morgan fingerprint density at radius 1 is 1.60 bits per heavy atom. The van der Waals surface area contributed by atoms with Gasteiger partial charge in [-0.25, -0.2) is 4.98 Å². The van der Waals surface area contributed by atoms with E-state index in [1.54, 1.807) is 6.26 Å². The van der Waals surface area contributed by atoms with Gasteiger partial charge in [0, 0.05) is 0 Å². The lowest BCUT2D eigenvalue weighted by Crippen LogP contribution is -1.98. The molecule has 0 amide bonds. The molecule has 2 N–H and O–H groups in total. The van der Waals surface area contributed by atoms with Crippen LogP contribution in [-0.2, 0) is 6.42 Å². The van der Waals surface area contributed by atoms with Gasteiger partial charge in [-0.15, -0.1) is 0 Å². The summed E-state index contributed by atoms with van der Waals surface area (Å²) in [6.45, 7) is 0.752. The Kier molecular flexibility index (Phi) is 2.96. The summed E-state index contributed by atoms with van der Waals surface area (Å²) in [5.41, 5.74) is 6.28. The van der Waals surface area contributed by atoms with Crippen molar-refractivity contribution in [3.8, 4) is 0 Å². The van der Waals surface area contributed by atoms with E-state index in [0.29, 0.717) is 0 Å². The predicted molar refractivity (Wildman–Crippen MR) is 37.3 cm³/mol. The van der Waals surface area contributed by atoms with Crippen LogP contribution in [0.2, 0.25) is 0 Å². The Hall–Kier alpha value is -0.830. The molecule has 0 saturated carbocycles. The summed E-state index contributed by atoms with van der Waals surface area (Å²) in [7, 11) is 0. The van der Waals surface area contributed by atoms with Crippen molar-refractivity contribution in [1.82, 2.24) is 4.98 Å². The fourth-order valence-corrected chi connectivity index (χ4v) is 0.771. The van der Waals surface area contributed by atoms with Crippen molar-refractivity contribution in [3.05, 3.63) is 18.4 Å². The summed E-state index contributed by atoms with van der Waals surface area (Å²) in [6.07, 6.45) is 7.10. The van der Waals surface area contributed by atoms with Crippen molar-refractivity contribution in [3.63, 3.8) is 0 Å². The van der Waals surface area contributed by atoms with Gasteiger partial charge in [-0.1, -0.05) is 0 Å². The molecule has 0 atom stereocenters. The molecule has 1 rings (SSSR count). The zero-order valence-corrected chi connectivity index (χ0v) is 5.84. The van der Waals surface area contributed by atoms with Crippen LogP contribution in [0.3, 0.4) is 0 Å². The molecule has 0 aliphatic heterocycles. The molecule has 1 heterocycles. The van der Waals surface area contributed by atoms with Crippen LogP contribution in [0.15, 0.2) is 10.7 Å². The van der Waals surface area contributed by atoms with Crippen LogP contribution in [0, 0.1) is 6.39 Å². The van der Waals surface area contributed by atoms with Gasteiger partial charge >= 0.3 is 0 Å². The number of nitrogens with two attached hydrogens (primary N) is 1. The number of unbranched alkanes of at least 4 members (excludes halogenated alkanes) is 1. The molecule has 0 aliphatic carbocycles. The molecule has 0 saturated heterocycles. The molecule has 3 heteroatoms. The number of rotatable bonds is 4.